The maximum absolute atomic E-state index is 12.7. The monoisotopic (exact) mass is 466 g/mol. The smallest absolute Gasteiger partial charge is 0.348 e. The normalized spacial score (nSPS) is 12.8. The standard InChI is InChI=1S/C21H27BrN2O5/c1-11(2)18(20(27)29-21(4,5)6)28-14-9-7-8-13-16(14)15(17(25)19(23)26)12(3)24(13)10-22/h7-9,11,18H,10H2,1-6H3,(H2,23,26). The van der Waals surface area contributed by atoms with Crippen molar-refractivity contribution < 1.29 is 23.9 Å². The van der Waals surface area contributed by atoms with E-state index in [9.17, 15) is 14.4 Å². The fraction of sp³-hybridized carbons (Fsp3) is 0.476. The first-order chi connectivity index (χ1) is 13.4. The van der Waals surface area contributed by atoms with E-state index in [4.69, 9.17) is 15.2 Å². The van der Waals surface area contributed by atoms with Crippen LogP contribution in [0.4, 0.5) is 0 Å². The molecule has 0 radical (unpaired) electrons. The first-order valence-corrected chi connectivity index (χ1v) is 10.4. The number of benzene rings is 1. The molecule has 0 fully saturated rings. The van der Waals surface area contributed by atoms with Gasteiger partial charge >= 0.3 is 5.97 Å². The summed E-state index contributed by atoms with van der Waals surface area (Å²) in [5.74, 6) is -2.22. The summed E-state index contributed by atoms with van der Waals surface area (Å²) in [5.41, 5.74) is 6.46. The number of carbonyl (C=O) groups is 3. The zero-order valence-corrected chi connectivity index (χ0v) is 19.1. The van der Waals surface area contributed by atoms with Crippen LogP contribution >= 0.6 is 15.9 Å². The summed E-state index contributed by atoms with van der Waals surface area (Å²) < 4.78 is 13.4. The first-order valence-electron chi connectivity index (χ1n) is 9.30. The molecule has 0 aliphatic rings. The maximum atomic E-state index is 12.7. The Morgan fingerprint density at radius 2 is 1.83 bits per heavy atom. The van der Waals surface area contributed by atoms with Gasteiger partial charge in [-0.3, -0.25) is 9.59 Å². The molecule has 1 amide bonds. The van der Waals surface area contributed by atoms with E-state index in [1.54, 1.807) is 39.8 Å². The summed E-state index contributed by atoms with van der Waals surface area (Å²) in [6, 6.07) is 5.24. The minimum Gasteiger partial charge on any atom is -0.478 e. The largest absolute Gasteiger partial charge is 0.478 e. The molecule has 0 bridgehead atoms. The Morgan fingerprint density at radius 3 is 2.31 bits per heavy atom. The summed E-state index contributed by atoms with van der Waals surface area (Å²) in [5, 5.41) is 0.447. The van der Waals surface area contributed by atoms with Gasteiger partial charge in [0.2, 0.25) is 0 Å². The van der Waals surface area contributed by atoms with Crippen LogP contribution in [0.5, 0.6) is 5.75 Å². The van der Waals surface area contributed by atoms with Gasteiger partial charge in [-0.1, -0.05) is 35.8 Å². The lowest BCUT2D eigenvalue weighted by Crippen LogP contribution is -2.38. The fourth-order valence-electron chi connectivity index (χ4n) is 3.10. The van der Waals surface area contributed by atoms with E-state index in [-0.39, 0.29) is 11.5 Å². The Kier molecular flexibility index (Phi) is 6.78. The number of hydrogen-bond acceptors (Lipinski definition) is 5. The predicted octanol–water partition coefficient (Wildman–Crippen LogP) is 3.72. The van der Waals surface area contributed by atoms with Crippen molar-refractivity contribution in [3.63, 3.8) is 0 Å². The van der Waals surface area contributed by atoms with Crippen LogP contribution < -0.4 is 10.5 Å². The van der Waals surface area contributed by atoms with Crippen LogP contribution in [0.25, 0.3) is 10.9 Å². The lowest BCUT2D eigenvalue weighted by atomic mass is 10.0. The molecule has 29 heavy (non-hydrogen) atoms. The Bertz CT molecular complexity index is 956. The molecule has 1 atom stereocenters. The first kappa shape index (κ1) is 22.9. The molecule has 0 saturated heterocycles. The molecule has 2 aromatic rings. The minimum atomic E-state index is -1.05. The van der Waals surface area contributed by atoms with Gasteiger partial charge in [0.05, 0.1) is 21.9 Å². The number of esters is 1. The zero-order valence-electron chi connectivity index (χ0n) is 17.5. The number of nitrogens with zero attached hydrogens (tertiary/aromatic N) is 1. The number of fused-ring (bicyclic) bond motifs is 1. The minimum absolute atomic E-state index is 0.175. The van der Waals surface area contributed by atoms with Gasteiger partial charge < -0.3 is 19.8 Å². The second-order valence-electron chi connectivity index (χ2n) is 8.17. The Hall–Kier alpha value is -2.35. The van der Waals surface area contributed by atoms with Crippen LogP contribution in [0.1, 0.15) is 50.7 Å². The number of carbonyl (C=O) groups excluding carboxylic acids is 3. The zero-order chi connectivity index (χ0) is 22.1. The van der Waals surface area contributed by atoms with Gasteiger partial charge in [0.1, 0.15) is 11.4 Å². The maximum Gasteiger partial charge on any atom is 0.348 e. The number of ether oxygens (including phenoxy) is 2. The molecule has 2 N–H and O–H groups in total. The molecule has 1 aromatic carbocycles. The topological polar surface area (TPSA) is 101 Å². The molecule has 1 heterocycles. The lowest BCUT2D eigenvalue weighted by Gasteiger charge is -2.26. The van der Waals surface area contributed by atoms with Crippen LogP contribution in [-0.2, 0) is 19.8 Å². The second-order valence-corrected chi connectivity index (χ2v) is 8.67. The Morgan fingerprint density at radius 1 is 1.21 bits per heavy atom. The number of nitrogens with two attached hydrogens (primary N) is 1. The van der Waals surface area contributed by atoms with Crippen molar-refractivity contribution in [2.24, 2.45) is 11.7 Å². The molecule has 0 saturated carbocycles. The number of primary amides is 1. The van der Waals surface area contributed by atoms with Crippen molar-refractivity contribution in [2.45, 2.75) is 58.7 Å². The number of aromatic nitrogens is 1. The molecule has 1 unspecified atom stereocenters. The van der Waals surface area contributed by atoms with Crippen molar-refractivity contribution in [1.82, 2.24) is 4.57 Å². The molecule has 158 valence electrons. The Labute approximate surface area is 178 Å². The fourth-order valence-corrected chi connectivity index (χ4v) is 3.74. The number of ketones is 1. The highest BCUT2D eigenvalue weighted by Crippen LogP contribution is 2.35. The molecular formula is C21H27BrN2O5. The third-order valence-electron chi connectivity index (χ3n) is 4.38. The van der Waals surface area contributed by atoms with Crippen molar-refractivity contribution in [2.75, 3.05) is 0 Å². The van der Waals surface area contributed by atoms with Crippen molar-refractivity contribution >= 4 is 44.5 Å². The summed E-state index contributed by atoms with van der Waals surface area (Å²) >= 11 is 3.40. The van der Waals surface area contributed by atoms with Gasteiger partial charge in [-0.2, -0.15) is 0 Å². The number of alkyl halides is 1. The van der Waals surface area contributed by atoms with E-state index in [2.05, 4.69) is 15.9 Å². The molecule has 0 aliphatic carbocycles. The number of hydrogen-bond donors (Lipinski definition) is 1. The van der Waals surface area contributed by atoms with Gasteiger partial charge in [0.15, 0.2) is 6.10 Å². The van der Waals surface area contributed by atoms with Gasteiger partial charge in [0, 0.05) is 11.6 Å². The third kappa shape index (κ3) is 4.80. The van der Waals surface area contributed by atoms with E-state index in [0.717, 1.165) is 0 Å². The molecule has 0 aliphatic heterocycles. The number of rotatable bonds is 7. The van der Waals surface area contributed by atoms with Crippen molar-refractivity contribution in [1.29, 1.82) is 0 Å². The van der Waals surface area contributed by atoms with E-state index >= 15 is 0 Å². The second kappa shape index (κ2) is 8.57. The highest BCUT2D eigenvalue weighted by atomic mass is 79.9. The molecule has 1 aromatic heterocycles. The third-order valence-corrected chi connectivity index (χ3v) is 4.88. The molecule has 0 spiro atoms. The van der Waals surface area contributed by atoms with E-state index in [1.165, 1.54) is 0 Å². The van der Waals surface area contributed by atoms with E-state index in [1.807, 2.05) is 24.5 Å². The van der Waals surface area contributed by atoms with Crippen LogP contribution in [0, 0.1) is 12.8 Å². The van der Waals surface area contributed by atoms with Crippen LogP contribution in [0.3, 0.4) is 0 Å². The molecule has 7 nitrogen and oxygen atoms in total. The summed E-state index contributed by atoms with van der Waals surface area (Å²) in [7, 11) is 0. The van der Waals surface area contributed by atoms with Gasteiger partial charge in [-0.05, 0) is 39.8 Å². The van der Waals surface area contributed by atoms with Crippen molar-refractivity contribution in [3.8, 4) is 5.75 Å². The predicted molar refractivity (Wildman–Crippen MR) is 114 cm³/mol. The molecule has 8 heteroatoms. The Balaban J connectivity index is 2.64. The van der Waals surface area contributed by atoms with Crippen LogP contribution in [0.2, 0.25) is 0 Å². The summed E-state index contributed by atoms with van der Waals surface area (Å²) in [6.45, 7) is 10.8. The quantitative estimate of drug-likeness (QED) is 0.290. The van der Waals surface area contributed by atoms with Crippen LogP contribution in [-0.4, -0.2) is 33.9 Å². The molecule has 2 rings (SSSR count). The average molecular weight is 467 g/mol. The van der Waals surface area contributed by atoms with E-state index in [0.29, 0.717) is 27.8 Å². The highest BCUT2D eigenvalue weighted by molar-refractivity contribution is 9.08. The molecular weight excluding hydrogens is 440 g/mol. The van der Waals surface area contributed by atoms with Gasteiger partial charge in [-0.25, -0.2) is 4.79 Å². The summed E-state index contributed by atoms with van der Waals surface area (Å²) in [4.78, 5) is 36.9. The van der Waals surface area contributed by atoms with Gasteiger partial charge in [-0.15, -0.1) is 0 Å². The van der Waals surface area contributed by atoms with Gasteiger partial charge in [0.25, 0.3) is 11.7 Å². The number of amides is 1. The van der Waals surface area contributed by atoms with E-state index < -0.39 is 29.4 Å². The van der Waals surface area contributed by atoms with Crippen molar-refractivity contribution in [3.05, 3.63) is 29.5 Å². The lowest BCUT2D eigenvalue weighted by molar-refractivity contribution is -0.165. The SMILES string of the molecule is Cc1c(C(=O)C(N)=O)c2c(OC(C(=O)OC(C)(C)C)C(C)C)cccc2n1CBr. The van der Waals surface area contributed by atoms with Crippen LogP contribution in [0.15, 0.2) is 18.2 Å². The number of halogens is 1. The summed E-state index contributed by atoms with van der Waals surface area (Å²) in [6.07, 6.45) is -0.885. The average Bonchev–Trinajstić information content (AvgIpc) is 2.88. The number of Topliss-reactive ketones (excluding diaryl/α,β-unsaturated/α-hetero) is 1. The highest BCUT2D eigenvalue weighted by Gasteiger charge is 2.32.